The molecule has 0 unspecified atom stereocenters. The molecule has 0 radical (unpaired) electrons. The number of hydrogen-bond donors (Lipinski definition) is 1. The molecule has 1 N–H and O–H groups in total. The Morgan fingerprint density at radius 3 is 2.56 bits per heavy atom. The lowest BCUT2D eigenvalue weighted by atomic mass is 10.1. The summed E-state index contributed by atoms with van der Waals surface area (Å²) < 4.78 is 6.76. The van der Waals surface area contributed by atoms with Crippen LogP contribution in [0, 0.1) is 26.7 Å². The van der Waals surface area contributed by atoms with Gasteiger partial charge in [-0.25, -0.2) is 4.79 Å². The van der Waals surface area contributed by atoms with Gasteiger partial charge in [0.1, 0.15) is 0 Å². The van der Waals surface area contributed by atoms with Crippen molar-refractivity contribution in [2.75, 3.05) is 12.4 Å². The average molecular weight is 371 g/mol. The van der Waals surface area contributed by atoms with E-state index >= 15 is 0 Å². The molecule has 0 fully saturated rings. The first-order valence-corrected chi connectivity index (χ1v) is 9.24. The van der Waals surface area contributed by atoms with Crippen molar-refractivity contribution in [3.63, 3.8) is 0 Å². The zero-order valence-corrected chi connectivity index (χ0v) is 17.0. The number of benzene rings is 1. The molecule has 2 rings (SSSR count). The number of rotatable bonds is 7. The molecule has 0 atom stereocenters. The van der Waals surface area contributed by atoms with Gasteiger partial charge in [0.25, 0.3) is 0 Å². The lowest BCUT2D eigenvalue weighted by Gasteiger charge is -2.10. The molecule has 0 saturated heterocycles. The third-order valence-electron chi connectivity index (χ3n) is 4.60. The zero-order chi connectivity index (χ0) is 20.1. The number of nitrogens with zero attached hydrogens (tertiary/aromatic N) is 2. The maximum Gasteiger partial charge on any atom is 0.337 e. The predicted molar refractivity (Wildman–Crippen MR) is 106 cm³/mol. The van der Waals surface area contributed by atoms with Gasteiger partial charge in [0.2, 0.25) is 5.91 Å². The molecule has 2 aromatic rings. The highest BCUT2D eigenvalue weighted by Crippen LogP contribution is 2.20. The van der Waals surface area contributed by atoms with Crippen molar-refractivity contribution < 1.29 is 14.3 Å². The molecule has 1 aromatic heterocycles. The fraction of sp³-hybridized carbons (Fsp3) is 0.476. The molecule has 0 aliphatic heterocycles. The van der Waals surface area contributed by atoms with Crippen molar-refractivity contribution in [3.8, 4) is 0 Å². The third kappa shape index (κ3) is 5.18. The molecule has 1 heterocycles. The molecule has 0 bridgehead atoms. The lowest BCUT2D eigenvalue weighted by molar-refractivity contribution is -0.116. The average Bonchev–Trinajstić information content (AvgIpc) is 2.87. The Morgan fingerprint density at radius 1 is 1.22 bits per heavy atom. The van der Waals surface area contributed by atoms with Gasteiger partial charge >= 0.3 is 5.97 Å². The summed E-state index contributed by atoms with van der Waals surface area (Å²) >= 11 is 0. The molecule has 6 heteroatoms. The normalized spacial score (nSPS) is 10.9. The summed E-state index contributed by atoms with van der Waals surface area (Å²) in [5, 5.41) is 7.50. The number of carbonyl (C=O) groups excluding carboxylic acids is 2. The highest BCUT2D eigenvalue weighted by atomic mass is 16.5. The van der Waals surface area contributed by atoms with E-state index in [1.54, 1.807) is 18.2 Å². The summed E-state index contributed by atoms with van der Waals surface area (Å²) in [4.78, 5) is 24.1. The van der Waals surface area contributed by atoms with Crippen LogP contribution in [0.15, 0.2) is 18.2 Å². The molecule has 0 spiro atoms. The van der Waals surface area contributed by atoms with Crippen LogP contribution < -0.4 is 5.32 Å². The minimum absolute atomic E-state index is 0.0875. The number of aromatic nitrogens is 2. The summed E-state index contributed by atoms with van der Waals surface area (Å²) in [5.74, 6) is 0.00838. The van der Waals surface area contributed by atoms with Gasteiger partial charge in [-0.3, -0.25) is 9.48 Å². The van der Waals surface area contributed by atoms with E-state index in [1.165, 1.54) is 7.11 Å². The summed E-state index contributed by atoms with van der Waals surface area (Å²) in [5.41, 5.74) is 5.17. The summed E-state index contributed by atoms with van der Waals surface area (Å²) in [6.45, 7) is 11.1. The van der Waals surface area contributed by atoms with Crippen LogP contribution in [0.1, 0.15) is 53.1 Å². The molecular formula is C21H29N3O3. The molecular weight excluding hydrogens is 342 g/mol. The molecule has 146 valence electrons. The van der Waals surface area contributed by atoms with Crippen LogP contribution >= 0.6 is 0 Å². The number of hydrogen-bond acceptors (Lipinski definition) is 4. The van der Waals surface area contributed by atoms with Gasteiger partial charge in [-0.2, -0.15) is 5.10 Å². The Hall–Kier alpha value is -2.63. The molecule has 0 aliphatic carbocycles. The SMILES string of the molecule is COC(=O)c1ccc(C)c(NC(=O)CCc2c(C)nn(CC(C)C)c2C)c1. The second kappa shape index (κ2) is 8.84. The van der Waals surface area contributed by atoms with E-state index in [9.17, 15) is 9.59 Å². The van der Waals surface area contributed by atoms with Gasteiger partial charge in [-0.15, -0.1) is 0 Å². The van der Waals surface area contributed by atoms with E-state index in [0.717, 1.165) is 29.1 Å². The van der Waals surface area contributed by atoms with Crippen LogP contribution in [-0.4, -0.2) is 28.8 Å². The van der Waals surface area contributed by atoms with E-state index in [2.05, 4.69) is 31.2 Å². The van der Waals surface area contributed by atoms with Crippen LogP contribution in [0.4, 0.5) is 5.69 Å². The van der Waals surface area contributed by atoms with Gasteiger partial charge in [0.15, 0.2) is 0 Å². The fourth-order valence-corrected chi connectivity index (χ4v) is 3.07. The van der Waals surface area contributed by atoms with Crippen LogP contribution in [0.25, 0.3) is 0 Å². The van der Waals surface area contributed by atoms with Crippen molar-refractivity contribution >= 4 is 17.6 Å². The molecule has 1 aromatic carbocycles. The number of amides is 1. The Labute approximate surface area is 160 Å². The van der Waals surface area contributed by atoms with Gasteiger partial charge in [0, 0.05) is 24.3 Å². The Bertz CT molecular complexity index is 837. The van der Waals surface area contributed by atoms with E-state index in [-0.39, 0.29) is 5.91 Å². The lowest BCUT2D eigenvalue weighted by Crippen LogP contribution is -2.14. The van der Waals surface area contributed by atoms with Gasteiger partial charge < -0.3 is 10.1 Å². The van der Waals surface area contributed by atoms with Crippen molar-refractivity contribution in [3.05, 3.63) is 46.3 Å². The standard InChI is InChI=1S/C21H29N3O3/c1-13(2)12-24-16(5)18(15(4)23-24)9-10-20(25)22-19-11-17(21(26)27-6)8-7-14(19)3/h7-8,11,13H,9-10,12H2,1-6H3,(H,22,25). The monoisotopic (exact) mass is 371 g/mol. The van der Waals surface area contributed by atoms with Crippen molar-refractivity contribution in [1.82, 2.24) is 9.78 Å². The van der Waals surface area contributed by atoms with Crippen molar-refractivity contribution in [1.29, 1.82) is 0 Å². The molecule has 27 heavy (non-hydrogen) atoms. The first-order chi connectivity index (χ1) is 12.7. The van der Waals surface area contributed by atoms with Gasteiger partial charge in [0.05, 0.1) is 18.4 Å². The van der Waals surface area contributed by atoms with E-state index in [4.69, 9.17) is 4.74 Å². The van der Waals surface area contributed by atoms with Crippen LogP contribution in [0.5, 0.6) is 0 Å². The topological polar surface area (TPSA) is 73.2 Å². The molecule has 0 saturated carbocycles. The minimum Gasteiger partial charge on any atom is -0.465 e. The fourth-order valence-electron chi connectivity index (χ4n) is 3.07. The highest BCUT2D eigenvalue weighted by Gasteiger charge is 2.15. The van der Waals surface area contributed by atoms with Crippen molar-refractivity contribution in [2.24, 2.45) is 5.92 Å². The summed E-state index contributed by atoms with van der Waals surface area (Å²) in [7, 11) is 1.34. The minimum atomic E-state index is -0.422. The third-order valence-corrected chi connectivity index (χ3v) is 4.60. The highest BCUT2D eigenvalue weighted by molar-refractivity contribution is 5.95. The second-order valence-corrected chi connectivity index (χ2v) is 7.29. The van der Waals surface area contributed by atoms with E-state index < -0.39 is 5.97 Å². The van der Waals surface area contributed by atoms with Gasteiger partial charge in [-0.1, -0.05) is 19.9 Å². The number of esters is 1. The number of methoxy groups -OCH3 is 1. The number of nitrogens with one attached hydrogen (secondary N) is 1. The number of aryl methyl sites for hydroxylation is 2. The maximum atomic E-state index is 12.4. The Morgan fingerprint density at radius 2 is 1.93 bits per heavy atom. The van der Waals surface area contributed by atoms with Crippen molar-refractivity contribution in [2.45, 2.75) is 54.0 Å². The number of ether oxygens (including phenoxy) is 1. The largest absolute Gasteiger partial charge is 0.465 e. The van der Waals surface area contributed by atoms with Crippen LogP contribution in [0.3, 0.4) is 0 Å². The van der Waals surface area contributed by atoms with E-state index in [1.807, 2.05) is 18.5 Å². The Kier molecular flexibility index (Phi) is 6.77. The maximum absolute atomic E-state index is 12.4. The number of anilines is 1. The molecule has 1 amide bonds. The molecule has 0 aliphatic rings. The number of carbonyl (C=O) groups is 2. The predicted octanol–water partition coefficient (Wildman–Crippen LogP) is 3.82. The Balaban J connectivity index is 2.05. The van der Waals surface area contributed by atoms with Crippen LogP contribution in [0.2, 0.25) is 0 Å². The zero-order valence-electron chi connectivity index (χ0n) is 17.0. The second-order valence-electron chi connectivity index (χ2n) is 7.29. The first kappa shape index (κ1) is 20.7. The smallest absolute Gasteiger partial charge is 0.337 e. The summed E-state index contributed by atoms with van der Waals surface area (Å²) in [6, 6.07) is 5.13. The summed E-state index contributed by atoms with van der Waals surface area (Å²) in [6.07, 6.45) is 0.994. The van der Waals surface area contributed by atoms with Crippen LogP contribution in [-0.2, 0) is 22.5 Å². The van der Waals surface area contributed by atoms with E-state index in [0.29, 0.717) is 30.0 Å². The quantitative estimate of drug-likeness (QED) is 0.751. The molecule has 6 nitrogen and oxygen atoms in total. The van der Waals surface area contributed by atoms with Gasteiger partial charge in [-0.05, 0) is 56.4 Å². The first-order valence-electron chi connectivity index (χ1n) is 9.24.